The van der Waals surface area contributed by atoms with Crippen LogP contribution in [-0.2, 0) is 14.9 Å². The van der Waals surface area contributed by atoms with E-state index in [1.54, 1.807) is 6.07 Å². The fourth-order valence-corrected chi connectivity index (χ4v) is 3.03. The van der Waals surface area contributed by atoms with Crippen molar-refractivity contribution in [3.05, 3.63) is 18.3 Å². The minimum absolute atomic E-state index is 0.0617. The van der Waals surface area contributed by atoms with Crippen LogP contribution in [0.25, 0.3) is 0 Å². The molecule has 2 rings (SSSR count). The van der Waals surface area contributed by atoms with E-state index < -0.39 is 10.0 Å². The number of aromatic nitrogens is 1. The SMILES string of the molecule is CCOc1ccc(S(=O)(=O)N2CC(S)CO2)nc1. The first kappa shape index (κ1) is 13.6. The predicted octanol–water partition coefficient (Wildman–Crippen LogP) is 0.715. The Morgan fingerprint density at radius 3 is 2.89 bits per heavy atom. The summed E-state index contributed by atoms with van der Waals surface area (Å²) in [5, 5.41) is -0.171. The average Bonchev–Trinajstić information content (AvgIpc) is 2.78. The van der Waals surface area contributed by atoms with E-state index in [-0.39, 0.29) is 23.4 Å². The number of sulfonamides is 1. The van der Waals surface area contributed by atoms with Gasteiger partial charge in [-0.1, -0.05) is 4.47 Å². The van der Waals surface area contributed by atoms with Crippen molar-refractivity contribution in [2.24, 2.45) is 0 Å². The van der Waals surface area contributed by atoms with E-state index in [1.807, 2.05) is 6.92 Å². The van der Waals surface area contributed by atoms with Gasteiger partial charge in [-0.25, -0.2) is 13.4 Å². The molecule has 1 saturated heterocycles. The van der Waals surface area contributed by atoms with Crippen LogP contribution in [0.2, 0.25) is 0 Å². The first-order valence-corrected chi connectivity index (χ1v) is 7.42. The van der Waals surface area contributed by atoms with Crippen LogP contribution < -0.4 is 4.74 Å². The fourth-order valence-electron chi connectivity index (χ4n) is 1.49. The summed E-state index contributed by atoms with van der Waals surface area (Å²) in [6.45, 7) is 2.85. The molecule has 0 N–H and O–H groups in total. The summed E-state index contributed by atoms with van der Waals surface area (Å²) in [7, 11) is -3.71. The molecular formula is C10H14N2O4S2. The van der Waals surface area contributed by atoms with Crippen molar-refractivity contribution in [3.8, 4) is 5.75 Å². The molecule has 0 bridgehead atoms. The minimum Gasteiger partial charge on any atom is -0.492 e. The monoisotopic (exact) mass is 290 g/mol. The molecule has 6 nitrogen and oxygen atoms in total. The van der Waals surface area contributed by atoms with Crippen molar-refractivity contribution in [3.63, 3.8) is 0 Å². The molecule has 1 unspecified atom stereocenters. The van der Waals surface area contributed by atoms with Crippen LogP contribution in [-0.4, -0.2) is 42.9 Å². The molecule has 1 aromatic heterocycles. The largest absolute Gasteiger partial charge is 0.492 e. The summed E-state index contributed by atoms with van der Waals surface area (Å²) in [5.74, 6) is 0.533. The summed E-state index contributed by atoms with van der Waals surface area (Å²) in [6.07, 6.45) is 1.38. The van der Waals surface area contributed by atoms with E-state index in [0.717, 1.165) is 4.47 Å². The zero-order valence-corrected chi connectivity index (χ0v) is 11.5. The third kappa shape index (κ3) is 2.77. The Bertz CT molecular complexity index is 503. The Kier molecular flexibility index (Phi) is 4.10. The van der Waals surface area contributed by atoms with Crippen molar-refractivity contribution in [2.75, 3.05) is 19.8 Å². The van der Waals surface area contributed by atoms with E-state index >= 15 is 0 Å². The van der Waals surface area contributed by atoms with E-state index in [0.29, 0.717) is 12.4 Å². The molecule has 18 heavy (non-hydrogen) atoms. The molecule has 8 heteroatoms. The summed E-state index contributed by atoms with van der Waals surface area (Å²) < 4.78 is 30.4. The van der Waals surface area contributed by atoms with Crippen molar-refractivity contribution < 1.29 is 18.0 Å². The highest BCUT2D eigenvalue weighted by molar-refractivity contribution is 7.89. The van der Waals surface area contributed by atoms with Gasteiger partial charge in [-0.2, -0.15) is 12.6 Å². The topological polar surface area (TPSA) is 68.7 Å². The molecule has 100 valence electrons. The molecule has 0 aromatic carbocycles. The van der Waals surface area contributed by atoms with Gasteiger partial charge in [0, 0.05) is 5.25 Å². The van der Waals surface area contributed by atoms with Gasteiger partial charge in [0.25, 0.3) is 10.0 Å². The normalized spacial score (nSPS) is 21.1. The molecule has 2 heterocycles. The zero-order valence-electron chi connectivity index (χ0n) is 9.81. The Morgan fingerprint density at radius 1 is 1.61 bits per heavy atom. The van der Waals surface area contributed by atoms with Gasteiger partial charge < -0.3 is 4.74 Å². The van der Waals surface area contributed by atoms with E-state index in [9.17, 15) is 8.42 Å². The lowest BCUT2D eigenvalue weighted by Crippen LogP contribution is -2.28. The predicted molar refractivity (Wildman–Crippen MR) is 68.0 cm³/mol. The van der Waals surface area contributed by atoms with Gasteiger partial charge in [0.1, 0.15) is 5.75 Å². The second kappa shape index (κ2) is 5.43. The number of ether oxygens (including phenoxy) is 1. The fraction of sp³-hybridized carbons (Fsp3) is 0.500. The van der Waals surface area contributed by atoms with Crippen molar-refractivity contribution in [2.45, 2.75) is 17.2 Å². The van der Waals surface area contributed by atoms with E-state index in [2.05, 4.69) is 17.6 Å². The van der Waals surface area contributed by atoms with E-state index in [1.165, 1.54) is 12.3 Å². The van der Waals surface area contributed by atoms with Gasteiger partial charge in [0.2, 0.25) is 0 Å². The standard InChI is InChI=1S/C10H14N2O4S2/c1-2-15-8-3-4-10(11-5-8)18(13,14)12-6-9(17)7-16-12/h3-5,9,17H,2,6-7H2,1H3. The molecule has 1 fully saturated rings. The molecule has 0 aliphatic carbocycles. The number of hydrogen-bond donors (Lipinski definition) is 1. The molecule has 1 aliphatic heterocycles. The number of thiol groups is 1. The lowest BCUT2D eigenvalue weighted by atomic mass is 10.5. The summed E-state index contributed by atoms with van der Waals surface area (Å²) in [4.78, 5) is 8.94. The number of hydrogen-bond acceptors (Lipinski definition) is 6. The Morgan fingerprint density at radius 2 is 2.39 bits per heavy atom. The highest BCUT2D eigenvalue weighted by Gasteiger charge is 2.33. The first-order valence-electron chi connectivity index (χ1n) is 5.46. The molecule has 1 aromatic rings. The van der Waals surface area contributed by atoms with Gasteiger partial charge in [0.15, 0.2) is 5.03 Å². The highest BCUT2D eigenvalue weighted by Crippen LogP contribution is 2.21. The second-order valence-electron chi connectivity index (χ2n) is 3.71. The smallest absolute Gasteiger partial charge is 0.282 e. The molecule has 0 amide bonds. The Balaban J connectivity index is 2.19. The summed E-state index contributed by atoms with van der Waals surface area (Å²) >= 11 is 4.17. The molecular weight excluding hydrogens is 276 g/mol. The molecule has 0 spiro atoms. The maximum atomic E-state index is 12.1. The van der Waals surface area contributed by atoms with Crippen molar-refractivity contribution in [1.29, 1.82) is 0 Å². The van der Waals surface area contributed by atoms with Crippen LogP contribution in [0, 0.1) is 0 Å². The van der Waals surface area contributed by atoms with E-state index in [4.69, 9.17) is 9.57 Å². The number of rotatable bonds is 4. The maximum absolute atomic E-state index is 12.1. The number of pyridine rings is 1. The van der Waals surface area contributed by atoms with Crippen LogP contribution in [0.5, 0.6) is 5.75 Å². The van der Waals surface area contributed by atoms with Crippen LogP contribution in [0.3, 0.4) is 0 Å². The molecule has 1 aliphatic rings. The molecule has 0 radical (unpaired) electrons. The second-order valence-corrected chi connectivity index (χ2v) is 6.21. The van der Waals surface area contributed by atoms with Crippen LogP contribution >= 0.6 is 12.6 Å². The Labute approximate surface area is 111 Å². The number of nitrogens with zero attached hydrogens (tertiary/aromatic N) is 2. The number of hydroxylamine groups is 1. The Hall–Kier alpha value is -0.830. The maximum Gasteiger partial charge on any atom is 0.282 e. The zero-order chi connectivity index (χ0) is 13.2. The van der Waals surface area contributed by atoms with Gasteiger partial charge in [0.05, 0.1) is 26.0 Å². The quantitative estimate of drug-likeness (QED) is 0.827. The van der Waals surface area contributed by atoms with Gasteiger partial charge in [-0.05, 0) is 19.1 Å². The third-order valence-corrected chi connectivity index (χ3v) is 4.20. The van der Waals surface area contributed by atoms with Crippen LogP contribution in [0.15, 0.2) is 23.4 Å². The summed E-state index contributed by atoms with van der Waals surface area (Å²) in [5.41, 5.74) is 0. The first-order chi connectivity index (χ1) is 8.54. The average molecular weight is 290 g/mol. The molecule has 0 saturated carbocycles. The lowest BCUT2D eigenvalue weighted by molar-refractivity contribution is -0.0285. The van der Waals surface area contributed by atoms with Gasteiger partial charge in [-0.3, -0.25) is 4.84 Å². The van der Waals surface area contributed by atoms with Crippen molar-refractivity contribution >= 4 is 22.7 Å². The lowest BCUT2D eigenvalue weighted by Gasteiger charge is -2.13. The van der Waals surface area contributed by atoms with Crippen LogP contribution in [0.1, 0.15) is 6.92 Å². The minimum atomic E-state index is -3.71. The summed E-state index contributed by atoms with van der Waals surface area (Å²) in [6, 6.07) is 2.97. The van der Waals surface area contributed by atoms with Gasteiger partial charge >= 0.3 is 0 Å². The van der Waals surface area contributed by atoms with Crippen molar-refractivity contribution in [1.82, 2.24) is 9.45 Å². The third-order valence-electron chi connectivity index (χ3n) is 2.32. The van der Waals surface area contributed by atoms with Gasteiger partial charge in [-0.15, -0.1) is 0 Å². The van der Waals surface area contributed by atoms with Crippen LogP contribution in [0.4, 0.5) is 0 Å². The molecule has 1 atom stereocenters. The highest BCUT2D eigenvalue weighted by atomic mass is 32.2.